The summed E-state index contributed by atoms with van der Waals surface area (Å²) < 4.78 is 3.48. The van der Waals surface area contributed by atoms with Crippen molar-refractivity contribution in [2.45, 2.75) is 64.0 Å². The van der Waals surface area contributed by atoms with E-state index in [0.717, 1.165) is 35.8 Å². The second-order valence-electron chi connectivity index (χ2n) is 6.49. The number of imidazole rings is 1. The summed E-state index contributed by atoms with van der Waals surface area (Å²) in [4.78, 5) is 4.99. The third-order valence-electron chi connectivity index (χ3n) is 4.95. The number of hydrogen-bond acceptors (Lipinski definition) is 2. The zero-order chi connectivity index (χ0) is 15.0. The monoisotopic (exact) mass is 349 g/mol. The molecule has 1 aromatic carbocycles. The quantitative estimate of drug-likeness (QED) is 0.893. The number of benzene rings is 1. The molecular weight excluding hydrogens is 326 g/mol. The second kappa shape index (κ2) is 5.73. The van der Waals surface area contributed by atoms with Crippen LogP contribution in [0.5, 0.6) is 0 Å². The molecule has 1 aliphatic rings. The van der Waals surface area contributed by atoms with Crippen LogP contribution in [0.2, 0.25) is 0 Å². The van der Waals surface area contributed by atoms with Crippen LogP contribution >= 0.6 is 15.9 Å². The third-order valence-corrected chi connectivity index (χ3v) is 5.44. The minimum atomic E-state index is -0.00108. The first-order valence-corrected chi connectivity index (χ1v) is 8.77. The highest BCUT2D eigenvalue weighted by atomic mass is 79.9. The lowest BCUT2D eigenvalue weighted by Gasteiger charge is -2.39. The van der Waals surface area contributed by atoms with E-state index in [1.807, 2.05) is 0 Å². The minimum Gasteiger partial charge on any atom is -0.327 e. The van der Waals surface area contributed by atoms with Crippen molar-refractivity contribution >= 4 is 27.0 Å². The Balaban J connectivity index is 2.18. The van der Waals surface area contributed by atoms with Crippen LogP contribution in [0, 0.1) is 0 Å². The Bertz CT molecular complexity index is 649. The van der Waals surface area contributed by atoms with Gasteiger partial charge in [0.25, 0.3) is 0 Å². The van der Waals surface area contributed by atoms with Gasteiger partial charge in [-0.15, -0.1) is 0 Å². The number of nitrogens with zero attached hydrogens (tertiary/aromatic N) is 2. The summed E-state index contributed by atoms with van der Waals surface area (Å²) >= 11 is 3.55. The Morgan fingerprint density at radius 3 is 2.95 bits per heavy atom. The summed E-state index contributed by atoms with van der Waals surface area (Å²) in [6.07, 6.45) is 5.86. The van der Waals surface area contributed by atoms with E-state index < -0.39 is 0 Å². The second-order valence-corrected chi connectivity index (χ2v) is 7.41. The Labute approximate surface area is 135 Å². The van der Waals surface area contributed by atoms with Gasteiger partial charge in [0.1, 0.15) is 5.82 Å². The van der Waals surface area contributed by atoms with Crippen LogP contribution in [-0.4, -0.2) is 15.6 Å². The van der Waals surface area contributed by atoms with Crippen LogP contribution in [0.15, 0.2) is 22.7 Å². The van der Waals surface area contributed by atoms with Gasteiger partial charge in [0.15, 0.2) is 0 Å². The van der Waals surface area contributed by atoms with Crippen molar-refractivity contribution in [3.8, 4) is 0 Å². The van der Waals surface area contributed by atoms with E-state index in [1.165, 1.54) is 24.2 Å². The summed E-state index contributed by atoms with van der Waals surface area (Å²) in [5.74, 6) is 1.18. The lowest BCUT2D eigenvalue weighted by atomic mass is 9.71. The molecule has 1 aliphatic carbocycles. The molecule has 2 unspecified atom stereocenters. The van der Waals surface area contributed by atoms with Gasteiger partial charge in [0.05, 0.1) is 11.0 Å². The van der Waals surface area contributed by atoms with Crippen LogP contribution in [0.25, 0.3) is 11.0 Å². The molecule has 0 amide bonds. The number of fused-ring (bicyclic) bond motifs is 1. The molecule has 1 fully saturated rings. The molecule has 0 saturated heterocycles. The zero-order valence-corrected chi connectivity index (χ0v) is 14.5. The maximum atomic E-state index is 6.50. The van der Waals surface area contributed by atoms with Gasteiger partial charge < -0.3 is 10.3 Å². The first-order chi connectivity index (χ1) is 10.1. The lowest BCUT2D eigenvalue weighted by molar-refractivity contribution is 0.252. The van der Waals surface area contributed by atoms with Crippen molar-refractivity contribution in [3.63, 3.8) is 0 Å². The molecule has 2 N–H and O–H groups in total. The van der Waals surface area contributed by atoms with Gasteiger partial charge in [-0.25, -0.2) is 4.98 Å². The molecule has 0 spiro atoms. The van der Waals surface area contributed by atoms with Gasteiger partial charge in [0.2, 0.25) is 0 Å². The molecule has 2 atom stereocenters. The molecule has 114 valence electrons. The van der Waals surface area contributed by atoms with Crippen molar-refractivity contribution in [1.29, 1.82) is 0 Å². The number of hydrogen-bond donors (Lipinski definition) is 1. The molecule has 1 aromatic heterocycles. The van der Waals surface area contributed by atoms with E-state index in [9.17, 15) is 0 Å². The van der Waals surface area contributed by atoms with Gasteiger partial charge in [-0.3, -0.25) is 0 Å². The third kappa shape index (κ3) is 2.53. The van der Waals surface area contributed by atoms with Crippen molar-refractivity contribution in [1.82, 2.24) is 9.55 Å². The molecule has 0 aliphatic heterocycles. The highest BCUT2D eigenvalue weighted by Gasteiger charge is 2.39. The van der Waals surface area contributed by atoms with Gasteiger partial charge in [0, 0.05) is 22.5 Å². The maximum Gasteiger partial charge on any atom is 0.117 e. The number of nitrogens with two attached hydrogens (primary N) is 1. The van der Waals surface area contributed by atoms with E-state index in [2.05, 4.69) is 52.5 Å². The highest BCUT2D eigenvalue weighted by molar-refractivity contribution is 9.10. The average molecular weight is 350 g/mol. The standard InChI is InChI=1S/C17H24BrN3/c1-3-10-21-14-8-7-12(18)11-13(14)20-16(21)17(2)9-5-4-6-15(17)19/h7-8,11,15H,3-6,9-10,19H2,1-2H3. The van der Waals surface area contributed by atoms with Gasteiger partial charge in [-0.1, -0.05) is 42.6 Å². The largest absolute Gasteiger partial charge is 0.327 e. The highest BCUT2D eigenvalue weighted by Crippen LogP contribution is 2.39. The summed E-state index contributed by atoms with van der Waals surface area (Å²) in [5.41, 5.74) is 8.80. The fourth-order valence-electron chi connectivity index (χ4n) is 3.63. The minimum absolute atomic E-state index is 0.00108. The van der Waals surface area contributed by atoms with Crippen molar-refractivity contribution in [3.05, 3.63) is 28.5 Å². The summed E-state index contributed by atoms with van der Waals surface area (Å²) in [5, 5.41) is 0. The van der Waals surface area contributed by atoms with E-state index in [-0.39, 0.29) is 11.5 Å². The number of aromatic nitrogens is 2. The molecule has 1 heterocycles. The summed E-state index contributed by atoms with van der Waals surface area (Å²) in [6.45, 7) is 5.53. The zero-order valence-electron chi connectivity index (χ0n) is 12.9. The first-order valence-electron chi connectivity index (χ1n) is 7.98. The number of aryl methyl sites for hydroxylation is 1. The van der Waals surface area contributed by atoms with Crippen molar-refractivity contribution in [2.75, 3.05) is 0 Å². The Hall–Kier alpha value is -0.870. The van der Waals surface area contributed by atoms with E-state index in [1.54, 1.807) is 0 Å². The Kier molecular flexibility index (Phi) is 4.10. The Morgan fingerprint density at radius 1 is 1.43 bits per heavy atom. The fourth-order valence-corrected chi connectivity index (χ4v) is 3.98. The smallest absolute Gasteiger partial charge is 0.117 e. The normalized spacial score (nSPS) is 26.4. The first kappa shape index (κ1) is 15.0. The SMILES string of the molecule is CCCn1c(C2(C)CCCCC2N)nc2cc(Br)ccc21. The van der Waals surface area contributed by atoms with Gasteiger partial charge in [-0.2, -0.15) is 0 Å². The predicted molar refractivity (Wildman–Crippen MR) is 91.5 cm³/mol. The van der Waals surface area contributed by atoms with E-state index in [0.29, 0.717) is 0 Å². The number of rotatable bonds is 3. The average Bonchev–Trinajstić information content (AvgIpc) is 2.81. The Morgan fingerprint density at radius 2 is 2.24 bits per heavy atom. The molecule has 3 nitrogen and oxygen atoms in total. The van der Waals surface area contributed by atoms with Gasteiger partial charge >= 0.3 is 0 Å². The van der Waals surface area contributed by atoms with Crippen LogP contribution in [-0.2, 0) is 12.0 Å². The maximum absolute atomic E-state index is 6.50. The van der Waals surface area contributed by atoms with Crippen LogP contribution in [0.1, 0.15) is 51.8 Å². The fraction of sp³-hybridized carbons (Fsp3) is 0.588. The van der Waals surface area contributed by atoms with Crippen molar-refractivity contribution < 1.29 is 0 Å². The summed E-state index contributed by atoms with van der Waals surface area (Å²) in [6, 6.07) is 6.59. The predicted octanol–water partition coefficient (Wildman–Crippen LogP) is 4.37. The number of halogens is 1. The van der Waals surface area contributed by atoms with Crippen LogP contribution in [0.4, 0.5) is 0 Å². The molecule has 0 bridgehead atoms. The molecule has 0 radical (unpaired) electrons. The molecule has 1 saturated carbocycles. The molecule has 2 aromatic rings. The topological polar surface area (TPSA) is 43.8 Å². The van der Waals surface area contributed by atoms with Gasteiger partial charge in [-0.05, 0) is 37.5 Å². The summed E-state index contributed by atoms with van der Waals surface area (Å²) in [7, 11) is 0. The van der Waals surface area contributed by atoms with Crippen molar-refractivity contribution in [2.24, 2.45) is 5.73 Å². The molecule has 4 heteroatoms. The molecule has 21 heavy (non-hydrogen) atoms. The molecule has 3 rings (SSSR count). The van der Waals surface area contributed by atoms with E-state index in [4.69, 9.17) is 10.7 Å². The van der Waals surface area contributed by atoms with Crippen LogP contribution < -0.4 is 5.73 Å². The molecular formula is C17H24BrN3. The van der Waals surface area contributed by atoms with E-state index >= 15 is 0 Å². The lowest BCUT2D eigenvalue weighted by Crippen LogP contribution is -2.47. The van der Waals surface area contributed by atoms with Crippen LogP contribution in [0.3, 0.4) is 0 Å².